The summed E-state index contributed by atoms with van der Waals surface area (Å²) in [6.07, 6.45) is 1.67. The van der Waals surface area contributed by atoms with Crippen molar-refractivity contribution in [3.63, 3.8) is 0 Å². The molecule has 116 valence electrons. The molecule has 0 aromatic heterocycles. The third-order valence-electron chi connectivity index (χ3n) is 3.26. The zero-order valence-corrected chi connectivity index (χ0v) is 12.8. The smallest absolute Gasteiger partial charge is 0.305 e. The highest BCUT2D eigenvalue weighted by atomic mass is 35.5. The first-order valence-electron chi connectivity index (χ1n) is 7.12. The largest absolute Gasteiger partial charge is 0.486 e. The number of carbonyl (C=O) groups is 1. The van der Waals surface area contributed by atoms with Crippen LogP contribution >= 0.6 is 11.6 Å². The molecule has 1 unspecified atom stereocenters. The van der Waals surface area contributed by atoms with Crippen LogP contribution in [0.1, 0.15) is 37.8 Å². The summed E-state index contributed by atoms with van der Waals surface area (Å²) in [5.74, 6) is 1.12. The van der Waals surface area contributed by atoms with Crippen molar-refractivity contribution in [1.29, 1.82) is 0 Å². The number of halogens is 1. The lowest BCUT2D eigenvalue weighted by molar-refractivity contribution is -0.143. The van der Waals surface area contributed by atoms with Crippen LogP contribution in [0.5, 0.6) is 11.5 Å². The van der Waals surface area contributed by atoms with Crippen molar-refractivity contribution in [3.05, 3.63) is 22.7 Å². The maximum absolute atomic E-state index is 11.3. The molecule has 0 radical (unpaired) electrons. The zero-order valence-electron chi connectivity index (χ0n) is 12.1. The second-order valence-corrected chi connectivity index (χ2v) is 5.23. The summed E-state index contributed by atoms with van der Waals surface area (Å²) in [5, 5.41) is 0.558. The fraction of sp³-hybridized carbons (Fsp3) is 0.533. The fourth-order valence-electron chi connectivity index (χ4n) is 2.22. The van der Waals surface area contributed by atoms with Crippen LogP contribution < -0.4 is 15.2 Å². The molecule has 0 fully saturated rings. The van der Waals surface area contributed by atoms with E-state index in [9.17, 15) is 4.79 Å². The number of fused-ring (bicyclic) bond motifs is 1. The lowest BCUT2D eigenvalue weighted by Gasteiger charge is -2.21. The highest BCUT2D eigenvalue weighted by Crippen LogP contribution is 2.38. The van der Waals surface area contributed by atoms with Crippen LogP contribution in [-0.4, -0.2) is 25.8 Å². The van der Waals surface area contributed by atoms with E-state index >= 15 is 0 Å². The van der Waals surface area contributed by atoms with Crippen molar-refractivity contribution >= 4 is 17.6 Å². The van der Waals surface area contributed by atoms with Crippen LogP contribution in [0.3, 0.4) is 0 Å². The Hall–Kier alpha value is -1.46. The number of hydrogen-bond acceptors (Lipinski definition) is 5. The summed E-state index contributed by atoms with van der Waals surface area (Å²) in [6.45, 7) is 3.23. The number of rotatable bonds is 6. The van der Waals surface area contributed by atoms with E-state index in [0.717, 1.165) is 5.56 Å². The number of nitrogens with two attached hydrogens (primary N) is 1. The lowest BCUT2D eigenvalue weighted by atomic mass is 10.0. The first-order chi connectivity index (χ1) is 10.1. The summed E-state index contributed by atoms with van der Waals surface area (Å²) >= 11 is 6.24. The number of ether oxygens (including phenoxy) is 3. The molecule has 0 spiro atoms. The lowest BCUT2D eigenvalue weighted by Crippen LogP contribution is -2.17. The number of carbonyl (C=O) groups excluding carboxylic acids is 1. The molecule has 1 heterocycles. The van der Waals surface area contributed by atoms with Gasteiger partial charge in [-0.1, -0.05) is 11.6 Å². The normalized spacial score (nSPS) is 14.6. The summed E-state index contributed by atoms with van der Waals surface area (Å²) < 4.78 is 15.9. The molecule has 1 aromatic rings. The van der Waals surface area contributed by atoms with E-state index in [0.29, 0.717) is 55.6 Å². The summed E-state index contributed by atoms with van der Waals surface area (Å²) in [7, 11) is 0. The Balaban J connectivity index is 1.95. The second-order valence-electron chi connectivity index (χ2n) is 4.82. The minimum atomic E-state index is -0.247. The van der Waals surface area contributed by atoms with Gasteiger partial charge in [0, 0.05) is 23.6 Å². The average molecular weight is 314 g/mol. The van der Waals surface area contributed by atoms with Crippen molar-refractivity contribution < 1.29 is 19.0 Å². The van der Waals surface area contributed by atoms with E-state index in [4.69, 9.17) is 31.5 Å². The third-order valence-corrected chi connectivity index (χ3v) is 3.59. The van der Waals surface area contributed by atoms with E-state index in [-0.39, 0.29) is 12.0 Å². The van der Waals surface area contributed by atoms with E-state index in [1.807, 2.05) is 6.07 Å². The molecule has 1 atom stereocenters. The molecule has 0 aliphatic carbocycles. The summed E-state index contributed by atoms with van der Waals surface area (Å²) in [6, 6.07) is 3.31. The van der Waals surface area contributed by atoms with Crippen LogP contribution in [0.4, 0.5) is 0 Å². The van der Waals surface area contributed by atoms with Gasteiger partial charge in [-0.15, -0.1) is 0 Å². The fourth-order valence-corrected chi connectivity index (χ4v) is 2.51. The predicted octanol–water partition coefficient (Wildman–Crippen LogP) is 2.84. The first kappa shape index (κ1) is 15.9. The Labute approximate surface area is 129 Å². The van der Waals surface area contributed by atoms with Crippen molar-refractivity contribution in [2.24, 2.45) is 5.73 Å². The third kappa shape index (κ3) is 4.25. The molecule has 5 nitrogen and oxygen atoms in total. The molecule has 0 saturated heterocycles. The van der Waals surface area contributed by atoms with Gasteiger partial charge in [0.2, 0.25) is 0 Å². The Morgan fingerprint density at radius 3 is 2.71 bits per heavy atom. The molecule has 6 heteroatoms. The van der Waals surface area contributed by atoms with Crippen molar-refractivity contribution in [3.8, 4) is 11.5 Å². The highest BCUT2D eigenvalue weighted by Gasteiger charge is 2.18. The summed E-state index contributed by atoms with van der Waals surface area (Å²) in [5.41, 5.74) is 6.97. The quantitative estimate of drug-likeness (QED) is 0.818. The summed E-state index contributed by atoms with van der Waals surface area (Å²) in [4.78, 5) is 11.3. The second kappa shape index (κ2) is 7.52. The van der Waals surface area contributed by atoms with Gasteiger partial charge in [-0.3, -0.25) is 4.79 Å². The maximum atomic E-state index is 11.3. The van der Waals surface area contributed by atoms with Gasteiger partial charge >= 0.3 is 5.97 Å². The monoisotopic (exact) mass is 313 g/mol. The van der Waals surface area contributed by atoms with Crippen LogP contribution in [0, 0.1) is 0 Å². The Morgan fingerprint density at radius 2 is 2.05 bits per heavy atom. The number of hydrogen-bond donors (Lipinski definition) is 1. The van der Waals surface area contributed by atoms with Crippen LogP contribution in [0.15, 0.2) is 12.1 Å². The Kier molecular flexibility index (Phi) is 5.70. The van der Waals surface area contributed by atoms with Crippen molar-refractivity contribution in [1.82, 2.24) is 0 Å². The first-order valence-corrected chi connectivity index (χ1v) is 7.50. The van der Waals surface area contributed by atoms with Crippen molar-refractivity contribution in [2.45, 2.75) is 32.2 Å². The van der Waals surface area contributed by atoms with Crippen LogP contribution in [-0.2, 0) is 9.53 Å². The average Bonchev–Trinajstić information content (AvgIpc) is 2.46. The molecule has 21 heavy (non-hydrogen) atoms. The molecule has 0 saturated carbocycles. The molecule has 2 N–H and O–H groups in total. The number of esters is 1. The number of benzene rings is 1. The molecule has 0 amide bonds. The molecular weight excluding hydrogens is 294 g/mol. The minimum absolute atomic E-state index is 0.196. The molecule has 1 aromatic carbocycles. The van der Waals surface area contributed by atoms with Gasteiger partial charge in [-0.2, -0.15) is 0 Å². The van der Waals surface area contributed by atoms with Crippen molar-refractivity contribution in [2.75, 3.05) is 19.8 Å². The molecule has 1 aliphatic rings. The van der Waals surface area contributed by atoms with Crippen LogP contribution in [0.25, 0.3) is 0 Å². The van der Waals surface area contributed by atoms with E-state index in [2.05, 4.69) is 0 Å². The van der Waals surface area contributed by atoms with E-state index < -0.39 is 0 Å². The zero-order chi connectivity index (χ0) is 15.2. The molecule has 2 rings (SSSR count). The van der Waals surface area contributed by atoms with Gasteiger partial charge < -0.3 is 19.9 Å². The molecule has 1 aliphatic heterocycles. The van der Waals surface area contributed by atoms with Gasteiger partial charge in [0.05, 0.1) is 6.61 Å². The highest BCUT2D eigenvalue weighted by molar-refractivity contribution is 6.31. The molecule has 0 bridgehead atoms. The van der Waals surface area contributed by atoms with Gasteiger partial charge in [0.25, 0.3) is 0 Å². The standard InChI is InChI=1S/C15H20ClNO4/c1-2-19-15(18)5-3-4-12(17)10-8-13-14(9-11(10)16)21-7-6-20-13/h8-9,12H,2-7,17H2,1H3. The SMILES string of the molecule is CCOC(=O)CCCC(N)c1cc2c(cc1Cl)OCCO2. The van der Waals surface area contributed by atoms with Gasteiger partial charge in [0.15, 0.2) is 11.5 Å². The Bertz CT molecular complexity index is 507. The van der Waals surface area contributed by atoms with E-state index in [1.54, 1.807) is 13.0 Å². The Morgan fingerprint density at radius 1 is 1.38 bits per heavy atom. The maximum Gasteiger partial charge on any atom is 0.305 e. The molecular formula is C15H20ClNO4. The van der Waals surface area contributed by atoms with Gasteiger partial charge in [-0.25, -0.2) is 0 Å². The predicted molar refractivity (Wildman–Crippen MR) is 79.9 cm³/mol. The van der Waals surface area contributed by atoms with Gasteiger partial charge in [0.1, 0.15) is 13.2 Å². The minimum Gasteiger partial charge on any atom is -0.486 e. The van der Waals surface area contributed by atoms with Gasteiger partial charge in [-0.05, 0) is 31.4 Å². The topological polar surface area (TPSA) is 70.8 Å². The van der Waals surface area contributed by atoms with Crippen LogP contribution in [0.2, 0.25) is 5.02 Å². The van der Waals surface area contributed by atoms with E-state index in [1.165, 1.54) is 0 Å².